The highest BCUT2D eigenvalue weighted by atomic mass is 32.2. The summed E-state index contributed by atoms with van der Waals surface area (Å²) in [4.78, 5) is 28.1. The van der Waals surface area contributed by atoms with Gasteiger partial charge in [-0.15, -0.1) is 0 Å². The minimum absolute atomic E-state index is 0.0376. The normalized spacial score (nSPS) is 13.1. The highest BCUT2D eigenvalue weighted by Crippen LogP contribution is 2.25. The number of hydrogen-bond donors (Lipinski definition) is 1. The van der Waals surface area contributed by atoms with Crippen LogP contribution in [0.4, 0.5) is 10.1 Å². The maximum Gasteiger partial charge on any atom is 0.244 e. The van der Waals surface area contributed by atoms with Gasteiger partial charge in [-0.05, 0) is 68.5 Å². The zero-order chi connectivity index (χ0) is 26.3. The number of anilines is 1. The van der Waals surface area contributed by atoms with Crippen LogP contribution in [0.5, 0.6) is 0 Å². The zero-order valence-electron chi connectivity index (χ0n) is 21.3. The van der Waals surface area contributed by atoms with Crippen molar-refractivity contribution in [3.63, 3.8) is 0 Å². The number of nitrogens with zero attached hydrogens (tertiary/aromatic N) is 2. The third-order valence-electron chi connectivity index (χ3n) is 6.18. The fourth-order valence-electron chi connectivity index (χ4n) is 3.75. The second kappa shape index (κ2) is 12.2. The van der Waals surface area contributed by atoms with E-state index in [-0.39, 0.29) is 18.5 Å². The molecule has 0 spiro atoms. The second-order valence-corrected chi connectivity index (χ2v) is 10.8. The van der Waals surface area contributed by atoms with Gasteiger partial charge in [-0.3, -0.25) is 13.9 Å². The van der Waals surface area contributed by atoms with Gasteiger partial charge in [0.05, 0.1) is 11.9 Å². The molecule has 192 valence electrons. The number of nitrogens with one attached hydrogen (secondary N) is 1. The van der Waals surface area contributed by atoms with Crippen LogP contribution in [0.15, 0.2) is 42.5 Å². The van der Waals surface area contributed by atoms with E-state index >= 15 is 0 Å². The maximum absolute atomic E-state index is 13.7. The minimum atomic E-state index is -3.80. The van der Waals surface area contributed by atoms with Crippen molar-refractivity contribution < 1.29 is 22.4 Å². The number of benzene rings is 2. The standard InChI is InChI=1S/C26H36FN3O4S/c1-7-19(4)28-26(32)23(8-2)29(16-21-12-14-22(27)15-13-21)25(31)17-30(35(6,33)34)24-11-9-10-18(3)20(24)5/h9-15,19,23H,7-8,16-17H2,1-6H3,(H,28,32). The van der Waals surface area contributed by atoms with Gasteiger partial charge in [0.1, 0.15) is 18.4 Å². The molecule has 0 aliphatic heterocycles. The molecular formula is C26H36FN3O4S. The molecule has 0 fully saturated rings. The van der Waals surface area contributed by atoms with E-state index < -0.39 is 34.3 Å². The van der Waals surface area contributed by atoms with Gasteiger partial charge in [0.15, 0.2) is 0 Å². The van der Waals surface area contributed by atoms with Crippen molar-refractivity contribution in [3.05, 3.63) is 65.0 Å². The molecule has 1 N–H and O–H groups in total. The molecule has 0 saturated carbocycles. The molecule has 2 atom stereocenters. The molecule has 35 heavy (non-hydrogen) atoms. The lowest BCUT2D eigenvalue weighted by Gasteiger charge is -2.33. The summed E-state index contributed by atoms with van der Waals surface area (Å²) in [6.07, 6.45) is 2.11. The summed E-state index contributed by atoms with van der Waals surface area (Å²) in [7, 11) is -3.80. The third kappa shape index (κ3) is 7.52. The maximum atomic E-state index is 13.7. The lowest BCUT2D eigenvalue weighted by Crippen LogP contribution is -2.53. The van der Waals surface area contributed by atoms with Gasteiger partial charge in [0, 0.05) is 12.6 Å². The number of aryl methyl sites for hydroxylation is 1. The van der Waals surface area contributed by atoms with E-state index in [1.807, 2.05) is 26.8 Å². The summed E-state index contributed by atoms with van der Waals surface area (Å²) in [6, 6.07) is 10.0. The summed E-state index contributed by atoms with van der Waals surface area (Å²) in [5.41, 5.74) is 2.69. The molecule has 7 nitrogen and oxygen atoms in total. The van der Waals surface area contributed by atoms with Gasteiger partial charge in [-0.1, -0.05) is 38.1 Å². The van der Waals surface area contributed by atoms with E-state index in [2.05, 4.69) is 5.32 Å². The van der Waals surface area contributed by atoms with Gasteiger partial charge < -0.3 is 10.2 Å². The topological polar surface area (TPSA) is 86.8 Å². The quantitative estimate of drug-likeness (QED) is 0.501. The first kappa shape index (κ1) is 28.3. The second-order valence-electron chi connectivity index (χ2n) is 8.88. The zero-order valence-corrected chi connectivity index (χ0v) is 22.2. The Morgan fingerprint density at radius 2 is 1.66 bits per heavy atom. The van der Waals surface area contributed by atoms with Crippen molar-refractivity contribution in [2.24, 2.45) is 0 Å². The highest BCUT2D eigenvalue weighted by Gasteiger charge is 2.32. The van der Waals surface area contributed by atoms with E-state index in [0.29, 0.717) is 17.7 Å². The lowest BCUT2D eigenvalue weighted by atomic mass is 10.1. The first-order valence-electron chi connectivity index (χ1n) is 11.8. The summed E-state index contributed by atoms with van der Waals surface area (Å²) in [5.74, 6) is -1.24. The Morgan fingerprint density at radius 1 is 1.03 bits per heavy atom. The van der Waals surface area contributed by atoms with Crippen LogP contribution in [0.1, 0.15) is 50.3 Å². The molecule has 0 radical (unpaired) electrons. The van der Waals surface area contributed by atoms with Gasteiger partial charge >= 0.3 is 0 Å². The van der Waals surface area contributed by atoms with Gasteiger partial charge in [0.25, 0.3) is 0 Å². The summed E-state index contributed by atoms with van der Waals surface area (Å²) in [5, 5.41) is 2.92. The molecular weight excluding hydrogens is 469 g/mol. The fourth-order valence-corrected chi connectivity index (χ4v) is 4.65. The van der Waals surface area contributed by atoms with E-state index in [4.69, 9.17) is 0 Å². The number of amides is 2. The summed E-state index contributed by atoms with van der Waals surface area (Å²) in [6.45, 7) is 8.87. The highest BCUT2D eigenvalue weighted by molar-refractivity contribution is 7.92. The van der Waals surface area contributed by atoms with Gasteiger partial charge in [-0.2, -0.15) is 0 Å². The average Bonchev–Trinajstić information content (AvgIpc) is 2.79. The Labute approximate surface area is 208 Å². The molecule has 0 heterocycles. The van der Waals surface area contributed by atoms with Crippen molar-refractivity contribution >= 4 is 27.5 Å². The van der Waals surface area contributed by atoms with Crippen LogP contribution in [-0.2, 0) is 26.2 Å². The number of rotatable bonds is 11. The van der Waals surface area contributed by atoms with E-state index in [9.17, 15) is 22.4 Å². The van der Waals surface area contributed by atoms with E-state index in [1.54, 1.807) is 38.1 Å². The van der Waals surface area contributed by atoms with Crippen LogP contribution in [-0.4, -0.2) is 50.0 Å². The van der Waals surface area contributed by atoms with Crippen LogP contribution >= 0.6 is 0 Å². The molecule has 2 aromatic carbocycles. The first-order chi connectivity index (χ1) is 16.4. The number of sulfonamides is 1. The van der Waals surface area contributed by atoms with Crippen molar-refractivity contribution in [2.45, 2.75) is 66.1 Å². The number of carbonyl (C=O) groups is 2. The van der Waals surface area contributed by atoms with Gasteiger partial charge in [0.2, 0.25) is 21.8 Å². The van der Waals surface area contributed by atoms with E-state index in [1.165, 1.54) is 17.0 Å². The van der Waals surface area contributed by atoms with Crippen molar-refractivity contribution in [1.29, 1.82) is 0 Å². The number of halogens is 1. The van der Waals surface area contributed by atoms with Crippen LogP contribution in [0.2, 0.25) is 0 Å². The van der Waals surface area contributed by atoms with Crippen LogP contribution < -0.4 is 9.62 Å². The average molecular weight is 506 g/mol. The molecule has 0 saturated heterocycles. The van der Waals surface area contributed by atoms with Crippen molar-refractivity contribution in [1.82, 2.24) is 10.2 Å². The Balaban J connectivity index is 2.47. The van der Waals surface area contributed by atoms with Crippen LogP contribution in [0.25, 0.3) is 0 Å². The third-order valence-corrected chi connectivity index (χ3v) is 7.30. The largest absolute Gasteiger partial charge is 0.352 e. The molecule has 0 aliphatic rings. The molecule has 9 heteroatoms. The van der Waals surface area contributed by atoms with Crippen LogP contribution in [0.3, 0.4) is 0 Å². The SMILES string of the molecule is CCC(C)NC(=O)C(CC)N(Cc1ccc(F)cc1)C(=O)CN(c1cccc(C)c1C)S(C)(=O)=O. The molecule has 2 amide bonds. The van der Waals surface area contributed by atoms with Crippen LogP contribution in [0, 0.1) is 19.7 Å². The molecule has 0 aliphatic carbocycles. The van der Waals surface area contributed by atoms with Crippen molar-refractivity contribution in [3.8, 4) is 0 Å². The Bertz CT molecular complexity index is 1140. The molecule has 2 rings (SSSR count). The monoisotopic (exact) mass is 505 g/mol. The number of hydrogen-bond acceptors (Lipinski definition) is 4. The molecule has 2 aromatic rings. The summed E-state index contributed by atoms with van der Waals surface area (Å²) >= 11 is 0. The molecule has 0 bridgehead atoms. The Kier molecular flexibility index (Phi) is 9.82. The smallest absolute Gasteiger partial charge is 0.244 e. The Hall–Kier alpha value is -2.94. The number of carbonyl (C=O) groups excluding carboxylic acids is 2. The van der Waals surface area contributed by atoms with Gasteiger partial charge in [-0.25, -0.2) is 12.8 Å². The predicted octanol–water partition coefficient (Wildman–Crippen LogP) is 3.93. The molecule has 2 unspecified atom stereocenters. The Morgan fingerprint density at radius 3 is 2.20 bits per heavy atom. The van der Waals surface area contributed by atoms with Crippen molar-refractivity contribution in [2.75, 3.05) is 17.1 Å². The first-order valence-corrected chi connectivity index (χ1v) is 13.6. The lowest BCUT2D eigenvalue weighted by molar-refractivity contribution is -0.140. The predicted molar refractivity (Wildman–Crippen MR) is 137 cm³/mol. The minimum Gasteiger partial charge on any atom is -0.352 e. The summed E-state index contributed by atoms with van der Waals surface area (Å²) < 4.78 is 40.0. The molecule has 0 aromatic heterocycles. The van der Waals surface area contributed by atoms with E-state index in [0.717, 1.165) is 28.1 Å². The fraction of sp³-hybridized carbons (Fsp3) is 0.462.